The van der Waals surface area contributed by atoms with Crippen LogP contribution in [0.4, 0.5) is 17.6 Å². The van der Waals surface area contributed by atoms with Gasteiger partial charge < -0.3 is 4.90 Å². The summed E-state index contributed by atoms with van der Waals surface area (Å²) in [6.45, 7) is 2.58. The molecule has 2 heterocycles. The maximum atomic E-state index is 13.3. The van der Waals surface area contributed by atoms with Crippen LogP contribution in [0.15, 0.2) is 40.1 Å². The molecular formula is C19H19F4N3O2. The average molecular weight is 397 g/mol. The first-order valence-corrected chi connectivity index (χ1v) is 9.08. The van der Waals surface area contributed by atoms with E-state index in [2.05, 4.69) is 4.90 Å². The van der Waals surface area contributed by atoms with Crippen LogP contribution in [0.25, 0.3) is 0 Å². The Kier molecular flexibility index (Phi) is 4.45. The SMILES string of the molecule is O=c1[nH]c(=O)n(CCCN2C[C@@H]3C[C@]3(c3ccc(C(F)(F)F)cc3)C2)cc1F. The largest absolute Gasteiger partial charge is 0.416 e. The summed E-state index contributed by atoms with van der Waals surface area (Å²) in [5.41, 5.74) is -1.45. The second-order valence-electron chi connectivity index (χ2n) is 7.65. The third-order valence-corrected chi connectivity index (χ3v) is 5.84. The number of benzene rings is 1. The summed E-state index contributed by atoms with van der Waals surface area (Å²) in [5.74, 6) is -0.569. The number of alkyl halides is 3. The van der Waals surface area contributed by atoms with Crippen molar-refractivity contribution in [2.45, 2.75) is 31.0 Å². The fourth-order valence-corrected chi connectivity index (χ4v) is 4.31. The lowest BCUT2D eigenvalue weighted by Gasteiger charge is -2.21. The maximum Gasteiger partial charge on any atom is 0.416 e. The molecule has 0 unspecified atom stereocenters. The molecule has 1 aliphatic heterocycles. The molecule has 2 atom stereocenters. The molecule has 28 heavy (non-hydrogen) atoms. The number of nitrogens with one attached hydrogen (secondary N) is 1. The molecule has 1 saturated carbocycles. The van der Waals surface area contributed by atoms with Crippen LogP contribution in [0, 0.1) is 11.7 Å². The number of aromatic nitrogens is 2. The number of nitrogens with zero attached hydrogens (tertiary/aromatic N) is 2. The normalized spacial score (nSPS) is 24.4. The molecule has 1 N–H and O–H groups in total. The van der Waals surface area contributed by atoms with Crippen molar-refractivity contribution in [1.29, 1.82) is 0 Å². The Hall–Kier alpha value is -2.42. The molecular weight excluding hydrogens is 378 g/mol. The molecule has 4 rings (SSSR count). The standard InChI is InChI=1S/C19H19F4N3O2/c20-15-10-26(17(28)24-16(15)27)7-1-6-25-9-14-8-18(14,11-25)12-2-4-13(5-3-12)19(21,22)23/h2-5,10,14H,1,6-9,11H2,(H,24,27,28)/t14-,18+/m0/s1. The molecule has 0 bridgehead atoms. The zero-order chi connectivity index (χ0) is 20.1. The summed E-state index contributed by atoms with van der Waals surface area (Å²) >= 11 is 0. The minimum Gasteiger partial charge on any atom is -0.302 e. The van der Waals surface area contributed by atoms with E-state index in [9.17, 15) is 27.2 Å². The fourth-order valence-electron chi connectivity index (χ4n) is 4.31. The summed E-state index contributed by atoms with van der Waals surface area (Å²) in [6, 6.07) is 5.43. The van der Waals surface area contributed by atoms with Gasteiger partial charge in [-0.05, 0) is 43.0 Å². The van der Waals surface area contributed by atoms with Gasteiger partial charge in [-0.15, -0.1) is 0 Å². The predicted molar refractivity (Wildman–Crippen MR) is 93.6 cm³/mol. The smallest absolute Gasteiger partial charge is 0.302 e. The Morgan fingerprint density at radius 3 is 2.54 bits per heavy atom. The van der Waals surface area contributed by atoms with Gasteiger partial charge in [-0.25, -0.2) is 4.79 Å². The number of piperidine rings is 1. The van der Waals surface area contributed by atoms with E-state index in [1.165, 1.54) is 0 Å². The van der Waals surface area contributed by atoms with Gasteiger partial charge in [0.2, 0.25) is 5.82 Å². The van der Waals surface area contributed by atoms with Gasteiger partial charge >= 0.3 is 11.9 Å². The number of rotatable bonds is 5. The monoisotopic (exact) mass is 397 g/mol. The van der Waals surface area contributed by atoms with E-state index < -0.39 is 28.8 Å². The van der Waals surface area contributed by atoms with Gasteiger partial charge in [0.05, 0.1) is 11.8 Å². The molecule has 1 aliphatic carbocycles. The van der Waals surface area contributed by atoms with Crippen LogP contribution in [0.3, 0.4) is 0 Å². The number of likely N-dealkylation sites (tertiary alicyclic amines) is 1. The number of aromatic amines is 1. The fraction of sp³-hybridized carbons (Fsp3) is 0.474. The molecule has 5 nitrogen and oxygen atoms in total. The summed E-state index contributed by atoms with van der Waals surface area (Å²) < 4.78 is 52.7. The van der Waals surface area contributed by atoms with Crippen molar-refractivity contribution >= 4 is 0 Å². The number of hydrogen-bond donors (Lipinski definition) is 1. The minimum absolute atomic E-state index is 0.0783. The molecule has 2 fully saturated rings. The van der Waals surface area contributed by atoms with E-state index in [0.717, 1.165) is 48.0 Å². The van der Waals surface area contributed by atoms with Crippen molar-refractivity contribution < 1.29 is 17.6 Å². The number of fused-ring (bicyclic) bond motifs is 1. The topological polar surface area (TPSA) is 58.1 Å². The highest BCUT2D eigenvalue weighted by molar-refractivity contribution is 5.39. The second-order valence-corrected chi connectivity index (χ2v) is 7.65. The van der Waals surface area contributed by atoms with Gasteiger partial charge in [0, 0.05) is 25.0 Å². The molecule has 1 aromatic carbocycles. The van der Waals surface area contributed by atoms with Crippen LogP contribution in [-0.4, -0.2) is 34.1 Å². The van der Waals surface area contributed by atoms with Gasteiger partial charge in [-0.3, -0.25) is 14.3 Å². The number of H-pyrrole nitrogens is 1. The lowest BCUT2D eigenvalue weighted by molar-refractivity contribution is -0.137. The molecule has 0 spiro atoms. The Morgan fingerprint density at radius 1 is 1.14 bits per heavy atom. The Balaban J connectivity index is 1.36. The molecule has 2 aliphatic rings. The third kappa shape index (κ3) is 3.39. The third-order valence-electron chi connectivity index (χ3n) is 5.84. The zero-order valence-electron chi connectivity index (χ0n) is 14.9. The van der Waals surface area contributed by atoms with Crippen LogP contribution >= 0.6 is 0 Å². The van der Waals surface area contributed by atoms with Gasteiger partial charge in [0.15, 0.2) is 0 Å². The molecule has 2 aromatic rings. The highest BCUT2D eigenvalue weighted by Gasteiger charge is 2.60. The van der Waals surface area contributed by atoms with Gasteiger partial charge in [-0.1, -0.05) is 12.1 Å². The number of halogens is 4. The predicted octanol–water partition coefficient (Wildman–Crippen LogP) is 2.36. The quantitative estimate of drug-likeness (QED) is 0.789. The van der Waals surface area contributed by atoms with Gasteiger partial charge in [0.1, 0.15) is 0 Å². The zero-order valence-corrected chi connectivity index (χ0v) is 14.9. The summed E-state index contributed by atoms with van der Waals surface area (Å²) in [6.07, 6.45) is -1.85. The first-order valence-electron chi connectivity index (χ1n) is 9.08. The first-order chi connectivity index (χ1) is 13.2. The van der Waals surface area contributed by atoms with Crippen LogP contribution in [0.1, 0.15) is 24.0 Å². The highest BCUT2D eigenvalue weighted by atomic mass is 19.4. The van der Waals surface area contributed by atoms with E-state index in [1.54, 1.807) is 12.1 Å². The molecule has 9 heteroatoms. The first kappa shape index (κ1) is 18.9. The van der Waals surface area contributed by atoms with Gasteiger partial charge in [0.25, 0.3) is 5.56 Å². The van der Waals surface area contributed by atoms with Crippen molar-refractivity contribution in [1.82, 2.24) is 14.5 Å². The van der Waals surface area contributed by atoms with Crippen molar-refractivity contribution in [3.8, 4) is 0 Å². The van der Waals surface area contributed by atoms with E-state index in [4.69, 9.17) is 0 Å². The van der Waals surface area contributed by atoms with Crippen LogP contribution in [0.2, 0.25) is 0 Å². The highest BCUT2D eigenvalue weighted by Crippen LogP contribution is 2.59. The van der Waals surface area contributed by atoms with E-state index in [1.807, 2.05) is 4.98 Å². The van der Waals surface area contributed by atoms with Gasteiger partial charge in [-0.2, -0.15) is 17.6 Å². The van der Waals surface area contributed by atoms with E-state index >= 15 is 0 Å². The second kappa shape index (κ2) is 6.58. The lowest BCUT2D eigenvalue weighted by Crippen LogP contribution is -2.33. The Morgan fingerprint density at radius 2 is 1.86 bits per heavy atom. The van der Waals surface area contributed by atoms with Crippen molar-refractivity contribution in [3.63, 3.8) is 0 Å². The van der Waals surface area contributed by atoms with E-state index in [-0.39, 0.29) is 12.0 Å². The average Bonchev–Trinajstić information content (AvgIpc) is 3.21. The molecule has 150 valence electrons. The van der Waals surface area contributed by atoms with Crippen molar-refractivity contribution in [2.75, 3.05) is 19.6 Å². The van der Waals surface area contributed by atoms with Crippen LogP contribution in [0.5, 0.6) is 0 Å². The number of hydrogen-bond acceptors (Lipinski definition) is 3. The minimum atomic E-state index is -4.33. The van der Waals surface area contributed by atoms with Crippen LogP contribution < -0.4 is 11.2 Å². The maximum absolute atomic E-state index is 13.3. The van der Waals surface area contributed by atoms with Crippen molar-refractivity contribution in [2.24, 2.45) is 5.92 Å². The summed E-state index contributed by atoms with van der Waals surface area (Å²) in [4.78, 5) is 26.9. The molecule has 0 radical (unpaired) electrons. The summed E-state index contributed by atoms with van der Waals surface area (Å²) in [7, 11) is 0. The molecule has 0 amide bonds. The number of aryl methyl sites for hydroxylation is 1. The Bertz CT molecular complexity index is 996. The van der Waals surface area contributed by atoms with Crippen molar-refractivity contribution in [3.05, 3.63) is 68.2 Å². The van der Waals surface area contributed by atoms with Crippen LogP contribution in [-0.2, 0) is 18.1 Å². The molecule has 1 saturated heterocycles. The van der Waals surface area contributed by atoms with E-state index in [0.29, 0.717) is 18.9 Å². The molecule has 1 aromatic heterocycles. The Labute approximate surface area is 157 Å². The lowest BCUT2D eigenvalue weighted by atomic mass is 9.94. The summed E-state index contributed by atoms with van der Waals surface area (Å²) in [5, 5.41) is 0.